The highest BCUT2D eigenvalue weighted by Gasteiger charge is 2.49. The van der Waals surface area contributed by atoms with E-state index in [0.717, 1.165) is 30.3 Å². The van der Waals surface area contributed by atoms with Crippen LogP contribution < -0.4 is 5.32 Å². The lowest BCUT2D eigenvalue weighted by atomic mass is 9.73. The molecule has 2 aromatic carbocycles. The zero-order chi connectivity index (χ0) is 23.2. The molecule has 1 aliphatic rings. The Morgan fingerprint density at radius 3 is 2.32 bits per heavy atom. The molecular weight excluding hydrogens is 458 g/mol. The molecule has 1 N–H and O–H groups in total. The molecule has 0 saturated heterocycles. The van der Waals surface area contributed by atoms with E-state index in [-0.39, 0.29) is 22.5 Å². The first kappa shape index (κ1) is 23.5. The second-order valence-corrected chi connectivity index (χ2v) is 11.1. The van der Waals surface area contributed by atoms with Crippen LogP contribution in [0.15, 0.2) is 47.4 Å². The van der Waals surface area contributed by atoms with Gasteiger partial charge in [0.05, 0.1) is 15.2 Å². The molecular formula is C21H20ClF4NO3S. The monoisotopic (exact) mass is 477 g/mol. The molecule has 3 rings (SSSR count). The van der Waals surface area contributed by atoms with Crippen molar-refractivity contribution in [2.45, 2.75) is 48.5 Å². The van der Waals surface area contributed by atoms with E-state index < -0.39 is 42.9 Å². The average Bonchev–Trinajstić information content (AvgIpc) is 2.62. The summed E-state index contributed by atoms with van der Waals surface area (Å²) in [6.45, 7) is 2.94. The minimum Gasteiger partial charge on any atom is -0.349 e. The molecule has 10 heteroatoms. The fourth-order valence-corrected chi connectivity index (χ4v) is 5.62. The van der Waals surface area contributed by atoms with Gasteiger partial charge in [-0.1, -0.05) is 17.7 Å². The number of benzene rings is 2. The summed E-state index contributed by atoms with van der Waals surface area (Å²) in [5.41, 5.74) is -0.985. The number of alkyl halides is 3. The third-order valence-electron chi connectivity index (χ3n) is 5.75. The Balaban J connectivity index is 1.71. The van der Waals surface area contributed by atoms with Crippen LogP contribution in [0.4, 0.5) is 17.6 Å². The molecule has 1 aliphatic carbocycles. The van der Waals surface area contributed by atoms with Crippen LogP contribution in [0.3, 0.4) is 0 Å². The van der Waals surface area contributed by atoms with E-state index in [2.05, 4.69) is 5.32 Å². The Kier molecular flexibility index (Phi) is 6.14. The van der Waals surface area contributed by atoms with Crippen LogP contribution in [-0.2, 0) is 16.0 Å². The molecule has 1 fully saturated rings. The molecule has 4 nitrogen and oxygen atoms in total. The Morgan fingerprint density at radius 1 is 1.10 bits per heavy atom. The molecule has 0 aliphatic heterocycles. The zero-order valence-electron chi connectivity index (χ0n) is 16.6. The molecule has 0 radical (unpaired) electrons. The summed E-state index contributed by atoms with van der Waals surface area (Å²) < 4.78 is 77.2. The van der Waals surface area contributed by atoms with Crippen molar-refractivity contribution < 1.29 is 30.8 Å². The topological polar surface area (TPSA) is 63.2 Å². The van der Waals surface area contributed by atoms with Crippen LogP contribution in [0, 0.1) is 11.7 Å². The van der Waals surface area contributed by atoms with Crippen LogP contribution in [0.2, 0.25) is 5.02 Å². The molecule has 0 atom stereocenters. The summed E-state index contributed by atoms with van der Waals surface area (Å²) in [6.07, 6.45) is -4.01. The number of hydrogen-bond donors (Lipinski definition) is 1. The number of carbonyl (C=O) groups excluding carboxylic acids is 1. The van der Waals surface area contributed by atoms with Crippen molar-refractivity contribution in [1.82, 2.24) is 5.32 Å². The van der Waals surface area contributed by atoms with Crippen LogP contribution in [0.25, 0.3) is 0 Å². The van der Waals surface area contributed by atoms with Gasteiger partial charge >= 0.3 is 6.18 Å². The number of nitrogens with one attached hydrogen (secondary N) is 1. The lowest BCUT2D eigenvalue weighted by molar-refractivity contribution is -0.137. The number of rotatable bonds is 5. The average molecular weight is 478 g/mol. The third kappa shape index (κ3) is 4.72. The molecule has 168 valence electrons. The van der Waals surface area contributed by atoms with Gasteiger partial charge in [-0.15, -0.1) is 0 Å². The van der Waals surface area contributed by atoms with Crippen molar-refractivity contribution >= 4 is 27.3 Å². The first-order valence-corrected chi connectivity index (χ1v) is 11.3. The normalized spacial score (nSPS) is 19.6. The van der Waals surface area contributed by atoms with E-state index in [4.69, 9.17) is 11.6 Å². The van der Waals surface area contributed by atoms with Crippen molar-refractivity contribution in [3.8, 4) is 0 Å². The Bertz CT molecular complexity index is 1090. The summed E-state index contributed by atoms with van der Waals surface area (Å²) in [5.74, 6) is -1.57. The lowest BCUT2D eigenvalue weighted by Gasteiger charge is -2.45. The largest absolute Gasteiger partial charge is 0.416 e. The Morgan fingerprint density at radius 2 is 1.74 bits per heavy atom. The summed E-state index contributed by atoms with van der Waals surface area (Å²) >= 11 is 5.75. The van der Waals surface area contributed by atoms with Crippen molar-refractivity contribution in [2.24, 2.45) is 5.92 Å². The zero-order valence-corrected chi connectivity index (χ0v) is 18.2. The highest BCUT2D eigenvalue weighted by molar-refractivity contribution is 7.92. The van der Waals surface area contributed by atoms with E-state index in [1.165, 1.54) is 19.9 Å². The lowest BCUT2D eigenvalue weighted by Crippen LogP contribution is -2.53. The standard InChI is InChI=1S/C21H20ClF4NO3S/c1-20(2,31(29,30)18-5-3-4-13(10-18)21(24,25)26)14-8-17(9-14)27-19(28)12-6-15(22)11-16(23)7-12/h3-7,10-11,14,17H,8-9H2,1-2H3,(H,27,28)/t14-,17+. The van der Waals surface area contributed by atoms with E-state index in [1.54, 1.807) is 0 Å². The van der Waals surface area contributed by atoms with Gasteiger partial charge in [-0.2, -0.15) is 13.2 Å². The molecule has 0 bridgehead atoms. The summed E-state index contributed by atoms with van der Waals surface area (Å²) in [7, 11) is -4.08. The van der Waals surface area contributed by atoms with Crippen molar-refractivity contribution in [2.75, 3.05) is 0 Å². The molecule has 0 aromatic heterocycles. The van der Waals surface area contributed by atoms with Crippen molar-refractivity contribution in [1.29, 1.82) is 0 Å². The quantitative estimate of drug-likeness (QED) is 0.597. The van der Waals surface area contributed by atoms with Gasteiger partial charge in [0.25, 0.3) is 5.91 Å². The van der Waals surface area contributed by atoms with Gasteiger partial charge in [0.1, 0.15) is 5.82 Å². The van der Waals surface area contributed by atoms with Gasteiger partial charge in [-0.3, -0.25) is 4.79 Å². The first-order chi connectivity index (χ1) is 14.2. The smallest absolute Gasteiger partial charge is 0.349 e. The fraction of sp³-hybridized carbons (Fsp3) is 0.381. The molecule has 0 unspecified atom stereocenters. The van der Waals surface area contributed by atoms with Crippen molar-refractivity contribution in [3.05, 3.63) is 64.4 Å². The van der Waals surface area contributed by atoms with Gasteiger partial charge in [0, 0.05) is 16.6 Å². The van der Waals surface area contributed by atoms with Gasteiger partial charge in [-0.25, -0.2) is 12.8 Å². The second-order valence-electron chi connectivity index (χ2n) is 8.13. The van der Waals surface area contributed by atoms with Gasteiger partial charge in [0.2, 0.25) is 0 Å². The molecule has 1 amide bonds. The molecule has 1 saturated carbocycles. The van der Waals surface area contributed by atoms with Crippen molar-refractivity contribution in [3.63, 3.8) is 0 Å². The third-order valence-corrected chi connectivity index (χ3v) is 8.56. The molecule has 2 aromatic rings. The van der Waals surface area contributed by atoms with Crippen LogP contribution in [0.5, 0.6) is 0 Å². The SMILES string of the molecule is CC(C)([C@H]1C[C@@H](NC(=O)c2cc(F)cc(Cl)c2)C1)S(=O)(=O)c1cccc(C(F)(F)F)c1. The summed E-state index contributed by atoms with van der Waals surface area (Å²) in [6, 6.07) is 6.77. The highest BCUT2D eigenvalue weighted by atomic mass is 35.5. The second kappa shape index (κ2) is 8.09. The van der Waals surface area contributed by atoms with Gasteiger partial charge < -0.3 is 5.32 Å². The summed E-state index contributed by atoms with van der Waals surface area (Å²) in [4.78, 5) is 11.9. The number of sulfone groups is 1. The van der Waals surface area contributed by atoms with Crippen LogP contribution in [0.1, 0.15) is 42.6 Å². The highest BCUT2D eigenvalue weighted by Crippen LogP contribution is 2.44. The maximum absolute atomic E-state index is 13.4. The maximum atomic E-state index is 13.4. The van der Waals surface area contributed by atoms with E-state index in [9.17, 15) is 30.8 Å². The summed E-state index contributed by atoms with van der Waals surface area (Å²) in [5, 5.41) is 2.78. The predicted octanol–water partition coefficient (Wildman–Crippen LogP) is 5.26. The number of halogens is 5. The van der Waals surface area contributed by atoms with Crippen LogP contribution in [-0.4, -0.2) is 25.1 Å². The minimum atomic E-state index is -4.65. The Labute approximate surface area is 182 Å². The van der Waals surface area contributed by atoms with E-state index in [0.29, 0.717) is 18.9 Å². The maximum Gasteiger partial charge on any atom is 0.416 e. The molecule has 0 heterocycles. The predicted molar refractivity (Wildman–Crippen MR) is 108 cm³/mol. The number of amides is 1. The van der Waals surface area contributed by atoms with E-state index >= 15 is 0 Å². The fourth-order valence-electron chi connectivity index (χ4n) is 3.62. The number of carbonyl (C=O) groups is 1. The Hall–Kier alpha value is -2.13. The molecule has 0 spiro atoms. The first-order valence-electron chi connectivity index (χ1n) is 9.40. The molecule has 31 heavy (non-hydrogen) atoms. The van der Waals surface area contributed by atoms with Crippen LogP contribution >= 0.6 is 11.6 Å². The number of hydrogen-bond acceptors (Lipinski definition) is 3. The van der Waals surface area contributed by atoms with Gasteiger partial charge in [0.15, 0.2) is 9.84 Å². The van der Waals surface area contributed by atoms with Gasteiger partial charge in [-0.05, 0) is 69.0 Å². The van der Waals surface area contributed by atoms with E-state index in [1.807, 2.05) is 0 Å². The minimum absolute atomic E-state index is 0.0456.